The summed E-state index contributed by atoms with van der Waals surface area (Å²) in [6.45, 7) is 3.24. The number of hydrogen-bond acceptors (Lipinski definition) is 5. The highest BCUT2D eigenvalue weighted by molar-refractivity contribution is 5.68. The van der Waals surface area contributed by atoms with E-state index < -0.39 is 0 Å². The van der Waals surface area contributed by atoms with Gasteiger partial charge >= 0.3 is 0 Å². The fourth-order valence-corrected chi connectivity index (χ4v) is 2.68. The van der Waals surface area contributed by atoms with E-state index in [0.717, 1.165) is 12.4 Å². The molecule has 0 bridgehead atoms. The van der Waals surface area contributed by atoms with E-state index in [-0.39, 0.29) is 0 Å². The molecular weight excluding hydrogens is 228 g/mol. The lowest BCUT2D eigenvalue weighted by Gasteiger charge is -2.37. The van der Waals surface area contributed by atoms with Crippen LogP contribution in [-0.2, 0) is 0 Å². The summed E-state index contributed by atoms with van der Waals surface area (Å²) in [7, 11) is 1.59. The Morgan fingerprint density at radius 3 is 3.00 bits per heavy atom. The zero-order valence-corrected chi connectivity index (χ0v) is 11.2. The maximum atomic E-state index is 6.09. The van der Waals surface area contributed by atoms with Gasteiger partial charge in [-0.2, -0.15) is 4.98 Å². The summed E-state index contributed by atoms with van der Waals surface area (Å²) < 4.78 is 5.17. The predicted molar refractivity (Wildman–Crippen MR) is 72.9 cm³/mol. The normalized spacial score (nSPS) is 19.9. The van der Waals surface area contributed by atoms with E-state index in [0.29, 0.717) is 17.6 Å². The third kappa shape index (κ3) is 2.49. The number of aromatic nitrogens is 2. The quantitative estimate of drug-likeness (QED) is 0.887. The summed E-state index contributed by atoms with van der Waals surface area (Å²) in [5.41, 5.74) is 6.65. The lowest BCUT2D eigenvalue weighted by atomic mass is 9.98. The van der Waals surface area contributed by atoms with Crippen molar-refractivity contribution in [1.29, 1.82) is 0 Å². The van der Waals surface area contributed by atoms with E-state index in [9.17, 15) is 0 Å². The molecule has 0 radical (unpaired) electrons. The van der Waals surface area contributed by atoms with Crippen LogP contribution in [-0.4, -0.2) is 29.7 Å². The summed E-state index contributed by atoms with van der Waals surface area (Å²) in [4.78, 5) is 10.7. The molecule has 5 nitrogen and oxygen atoms in total. The van der Waals surface area contributed by atoms with Crippen molar-refractivity contribution in [2.75, 3.05) is 24.3 Å². The molecule has 18 heavy (non-hydrogen) atoms. The molecule has 1 aromatic rings. The molecule has 2 N–H and O–H groups in total. The third-order valence-electron chi connectivity index (χ3n) is 3.54. The minimum Gasteiger partial charge on any atom is -0.479 e. The standard InChI is InChI=1S/C13H22N4O/c1-3-6-10-7-4-5-8-17(10)12-11(14)13(18-2)16-9-15-12/h9-10H,3-8,14H2,1-2H3. The third-order valence-corrected chi connectivity index (χ3v) is 3.54. The molecule has 1 unspecified atom stereocenters. The first-order valence-electron chi connectivity index (χ1n) is 6.69. The molecule has 1 aliphatic heterocycles. The molecule has 2 rings (SSSR count). The number of nitrogens with zero attached hydrogens (tertiary/aromatic N) is 3. The molecule has 0 aromatic carbocycles. The van der Waals surface area contributed by atoms with Gasteiger partial charge in [0.05, 0.1) is 7.11 Å². The van der Waals surface area contributed by atoms with Crippen LogP contribution in [0.25, 0.3) is 0 Å². The smallest absolute Gasteiger partial charge is 0.242 e. The van der Waals surface area contributed by atoms with E-state index >= 15 is 0 Å². The fourth-order valence-electron chi connectivity index (χ4n) is 2.68. The Morgan fingerprint density at radius 1 is 1.44 bits per heavy atom. The predicted octanol–water partition coefficient (Wildman–Crippen LogP) is 2.23. The molecule has 0 amide bonds. The van der Waals surface area contributed by atoms with Crippen LogP contribution in [0.15, 0.2) is 6.33 Å². The van der Waals surface area contributed by atoms with Crippen LogP contribution in [0.2, 0.25) is 0 Å². The number of nitrogen functional groups attached to an aromatic ring is 1. The zero-order chi connectivity index (χ0) is 13.0. The second-order valence-corrected chi connectivity index (χ2v) is 4.75. The lowest BCUT2D eigenvalue weighted by molar-refractivity contribution is 0.397. The highest BCUT2D eigenvalue weighted by Crippen LogP contribution is 2.33. The number of piperidine rings is 1. The highest BCUT2D eigenvalue weighted by Gasteiger charge is 2.25. The second kappa shape index (κ2) is 5.89. The van der Waals surface area contributed by atoms with Crippen molar-refractivity contribution in [2.45, 2.75) is 45.1 Å². The first-order valence-corrected chi connectivity index (χ1v) is 6.69. The summed E-state index contributed by atoms with van der Waals surface area (Å²) in [5.74, 6) is 1.31. The molecule has 100 valence electrons. The summed E-state index contributed by atoms with van der Waals surface area (Å²) >= 11 is 0. The minimum absolute atomic E-state index is 0.473. The highest BCUT2D eigenvalue weighted by atomic mass is 16.5. The molecule has 2 heterocycles. The molecule has 1 saturated heterocycles. The fraction of sp³-hybridized carbons (Fsp3) is 0.692. The van der Waals surface area contributed by atoms with Gasteiger partial charge in [-0.15, -0.1) is 0 Å². The second-order valence-electron chi connectivity index (χ2n) is 4.75. The summed E-state index contributed by atoms with van der Waals surface area (Å²) in [5, 5.41) is 0. The number of rotatable bonds is 4. The molecule has 0 spiro atoms. The molecule has 1 aromatic heterocycles. The van der Waals surface area contributed by atoms with E-state index in [1.165, 1.54) is 38.4 Å². The maximum Gasteiger partial charge on any atom is 0.242 e. The van der Waals surface area contributed by atoms with E-state index in [1.807, 2.05) is 0 Å². The van der Waals surface area contributed by atoms with Crippen LogP contribution in [0.4, 0.5) is 11.5 Å². The molecule has 1 aliphatic rings. The molecule has 1 fully saturated rings. The van der Waals surface area contributed by atoms with Crippen molar-refractivity contribution in [3.63, 3.8) is 0 Å². The molecule has 0 saturated carbocycles. The van der Waals surface area contributed by atoms with Crippen molar-refractivity contribution < 1.29 is 4.74 Å². The van der Waals surface area contributed by atoms with Gasteiger partial charge in [-0.25, -0.2) is 4.98 Å². The number of methoxy groups -OCH3 is 1. The minimum atomic E-state index is 0.473. The number of hydrogen-bond donors (Lipinski definition) is 1. The topological polar surface area (TPSA) is 64.3 Å². The van der Waals surface area contributed by atoms with Crippen molar-refractivity contribution in [3.05, 3.63) is 6.33 Å². The SMILES string of the molecule is CCCC1CCCCN1c1ncnc(OC)c1N. The average molecular weight is 250 g/mol. The monoisotopic (exact) mass is 250 g/mol. The van der Waals surface area contributed by atoms with Crippen LogP contribution in [0.1, 0.15) is 39.0 Å². The molecule has 1 atom stereocenters. The van der Waals surface area contributed by atoms with Gasteiger partial charge in [0.2, 0.25) is 5.88 Å². The van der Waals surface area contributed by atoms with Crippen LogP contribution in [0, 0.1) is 0 Å². The summed E-state index contributed by atoms with van der Waals surface area (Å²) in [6.07, 6.45) is 7.62. The van der Waals surface area contributed by atoms with Crippen molar-refractivity contribution in [1.82, 2.24) is 9.97 Å². The first kappa shape index (κ1) is 12.9. The average Bonchev–Trinajstić information content (AvgIpc) is 2.40. The van der Waals surface area contributed by atoms with Crippen molar-refractivity contribution >= 4 is 11.5 Å². The van der Waals surface area contributed by atoms with Crippen LogP contribution >= 0.6 is 0 Å². The number of nitrogens with two attached hydrogens (primary N) is 1. The van der Waals surface area contributed by atoms with E-state index in [4.69, 9.17) is 10.5 Å². The molecule has 0 aliphatic carbocycles. The zero-order valence-electron chi connectivity index (χ0n) is 11.2. The van der Waals surface area contributed by atoms with Gasteiger partial charge in [0.1, 0.15) is 12.0 Å². The first-order chi connectivity index (χ1) is 8.77. The summed E-state index contributed by atoms with van der Waals surface area (Å²) in [6, 6.07) is 0.547. The Labute approximate surface area is 108 Å². The van der Waals surface area contributed by atoms with E-state index in [1.54, 1.807) is 7.11 Å². The van der Waals surface area contributed by atoms with Crippen molar-refractivity contribution in [3.8, 4) is 5.88 Å². The van der Waals surface area contributed by atoms with E-state index in [2.05, 4.69) is 21.8 Å². The Balaban J connectivity index is 2.27. The van der Waals surface area contributed by atoms with Gasteiger partial charge in [-0.05, 0) is 25.7 Å². The van der Waals surface area contributed by atoms with Gasteiger partial charge in [-0.3, -0.25) is 0 Å². The Morgan fingerprint density at radius 2 is 2.28 bits per heavy atom. The van der Waals surface area contributed by atoms with Gasteiger partial charge < -0.3 is 15.4 Å². The Bertz CT molecular complexity index is 395. The van der Waals surface area contributed by atoms with Crippen LogP contribution < -0.4 is 15.4 Å². The number of anilines is 2. The van der Waals surface area contributed by atoms with Gasteiger partial charge in [-0.1, -0.05) is 13.3 Å². The Kier molecular flexibility index (Phi) is 4.23. The van der Waals surface area contributed by atoms with Crippen LogP contribution in [0.3, 0.4) is 0 Å². The van der Waals surface area contributed by atoms with Gasteiger partial charge in [0.25, 0.3) is 0 Å². The number of ether oxygens (including phenoxy) is 1. The Hall–Kier alpha value is -1.52. The van der Waals surface area contributed by atoms with Crippen LogP contribution in [0.5, 0.6) is 5.88 Å². The van der Waals surface area contributed by atoms with Crippen molar-refractivity contribution in [2.24, 2.45) is 0 Å². The largest absolute Gasteiger partial charge is 0.479 e. The molecular formula is C13H22N4O. The van der Waals surface area contributed by atoms with Gasteiger partial charge in [0, 0.05) is 12.6 Å². The lowest BCUT2D eigenvalue weighted by Crippen LogP contribution is -2.40. The van der Waals surface area contributed by atoms with Gasteiger partial charge in [0.15, 0.2) is 5.82 Å². The molecule has 5 heteroatoms. The maximum absolute atomic E-state index is 6.09.